The minimum absolute atomic E-state index is 0.281. The molecule has 0 spiro atoms. The van der Waals surface area contributed by atoms with Crippen molar-refractivity contribution in [3.05, 3.63) is 24.3 Å². The Morgan fingerprint density at radius 3 is 1.20 bits per heavy atom. The highest BCUT2D eigenvalue weighted by molar-refractivity contribution is 7.85. The molecule has 6 nitrogen and oxygen atoms in total. The highest BCUT2D eigenvalue weighted by Gasteiger charge is 2.24. The van der Waals surface area contributed by atoms with Crippen LogP contribution in [0.25, 0.3) is 0 Å². The van der Waals surface area contributed by atoms with E-state index in [-0.39, 0.29) is 5.91 Å². The smallest absolute Gasteiger partial charge is 0.267 e. The molecule has 0 aliphatic heterocycles. The van der Waals surface area contributed by atoms with Gasteiger partial charge in [-0.2, -0.15) is 8.42 Å². The minimum atomic E-state index is -4.34. The topological polar surface area (TPSA) is 104 Å². The first kappa shape index (κ1) is 48.8. The van der Waals surface area contributed by atoms with E-state index in [1.807, 2.05) is 6.08 Å². The number of carbonyl (C=O) groups excluding carboxylic acids is 1. The number of hydrogen-bond acceptors (Lipinski definition) is 4. The lowest BCUT2D eigenvalue weighted by Crippen LogP contribution is -2.46. The molecule has 2 unspecified atom stereocenters. The van der Waals surface area contributed by atoms with Crippen LogP contribution in [0.1, 0.15) is 226 Å². The van der Waals surface area contributed by atoms with Crippen molar-refractivity contribution in [2.24, 2.45) is 0 Å². The molecule has 0 saturated carbocycles. The molecule has 0 aromatic heterocycles. The number of amides is 1. The Balaban J connectivity index is 3.89. The Morgan fingerprint density at radius 2 is 0.840 bits per heavy atom. The Labute approximate surface area is 311 Å². The van der Waals surface area contributed by atoms with Crippen LogP contribution >= 0.6 is 0 Å². The predicted octanol–water partition coefficient (Wildman–Crippen LogP) is 12.7. The van der Waals surface area contributed by atoms with Crippen molar-refractivity contribution in [1.29, 1.82) is 0 Å². The lowest BCUT2D eigenvalue weighted by Gasteiger charge is -2.21. The van der Waals surface area contributed by atoms with E-state index in [2.05, 4.69) is 31.3 Å². The van der Waals surface area contributed by atoms with Crippen LogP contribution in [0.3, 0.4) is 0 Å². The third-order valence-electron chi connectivity index (χ3n) is 9.87. The van der Waals surface area contributed by atoms with E-state index >= 15 is 0 Å². The summed E-state index contributed by atoms with van der Waals surface area (Å²) in [5, 5.41) is 13.2. The van der Waals surface area contributed by atoms with Gasteiger partial charge in [-0.1, -0.05) is 199 Å². The Morgan fingerprint density at radius 1 is 0.520 bits per heavy atom. The minimum Gasteiger partial charge on any atom is -0.387 e. The van der Waals surface area contributed by atoms with Crippen molar-refractivity contribution in [2.45, 2.75) is 238 Å². The zero-order valence-electron chi connectivity index (χ0n) is 33.0. The van der Waals surface area contributed by atoms with E-state index in [4.69, 9.17) is 0 Å². The Hall–Kier alpha value is -1.18. The van der Waals surface area contributed by atoms with Gasteiger partial charge in [-0.15, -0.1) is 0 Å². The lowest BCUT2D eigenvalue weighted by atomic mass is 10.0. The summed E-state index contributed by atoms with van der Waals surface area (Å²) in [6, 6.07) is -1.06. The van der Waals surface area contributed by atoms with Crippen LogP contribution in [0.5, 0.6) is 0 Å². The first-order valence-electron chi connectivity index (χ1n) is 21.5. The van der Waals surface area contributed by atoms with Crippen molar-refractivity contribution in [1.82, 2.24) is 5.32 Å². The van der Waals surface area contributed by atoms with Gasteiger partial charge in [0.15, 0.2) is 0 Å². The molecule has 0 fully saturated rings. The summed E-state index contributed by atoms with van der Waals surface area (Å²) in [4.78, 5) is 12.5. The number of allylic oxidation sites excluding steroid dienone is 3. The van der Waals surface area contributed by atoms with Gasteiger partial charge in [-0.05, 0) is 44.9 Å². The highest BCUT2D eigenvalue weighted by atomic mass is 32.2. The van der Waals surface area contributed by atoms with Gasteiger partial charge < -0.3 is 10.4 Å². The van der Waals surface area contributed by atoms with Crippen LogP contribution < -0.4 is 5.32 Å². The molecule has 0 heterocycles. The molecule has 0 aliphatic carbocycles. The average molecular weight is 726 g/mol. The maximum Gasteiger partial charge on any atom is 0.267 e. The van der Waals surface area contributed by atoms with Gasteiger partial charge in [0.2, 0.25) is 5.91 Å². The summed E-state index contributed by atoms with van der Waals surface area (Å²) in [6.45, 7) is 4.53. The van der Waals surface area contributed by atoms with Crippen LogP contribution in [0, 0.1) is 0 Å². The molecule has 3 N–H and O–H groups in total. The molecule has 1 amide bonds. The third kappa shape index (κ3) is 38.1. The van der Waals surface area contributed by atoms with Gasteiger partial charge in [0.05, 0.1) is 17.9 Å². The van der Waals surface area contributed by atoms with Gasteiger partial charge in [0.1, 0.15) is 0 Å². The van der Waals surface area contributed by atoms with Crippen LogP contribution in [0.4, 0.5) is 0 Å². The number of carbonyl (C=O) groups is 1. The largest absolute Gasteiger partial charge is 0.387 e. The van der Waals surface area contributed by atoms with Crippen LogP contribution in [-0.2, 0) is 14.9 Å². The van der Waals surface area contributed by atoms with Crippen LogP contribution in [0.2, 0.25) is 0 Å². The fourth-order valence-electron chi connectivity index (χ4n) is 6.62. The number of aliphatic hydroxyl groups is 1. The maximum absolute atomic E-state index is 12.5. The summed E-state index contributed by atoms with van der Waals surface area (Å²) in [7, 11) is -4.34. The second-order valence-corrected chi connectivity index (χ2v) is 16.5. The quantitative estimate of drug-likeness (QED) is 0.0332. The SMILES string of the molecule is CCCCCCCCC/C=C\CCCCCCCCCC(=O)NC(CS(=O)(=O)O)C(O)/C=C/CCCCCCCCCCCCCCCCC. The number of nitrogens with one attached hydrogen (secondary N) is 1. The first-order chi connectivity index (χ1) is 24.3. The summed E-state index contributed by atoms with van der Waals surface area (Å²) in [6.07, 6.45) is 47.3. The number of aliphatic hydroxyl groups excluding tert-OH is 1. The molecule has 0 radical (unpaired) electrons. The molecule has 50 heavy (non-hydrogen) atoms. The molecule has 2 atom stereocenters. The fourth-order valence-corrected chi connectivity index (χ4v) is 7.36. The molecule has 0 aromatic rings. The lowest BCUT2D eigenvalue weighted by molar-refractivity contribution is -0.122. The summed E-state index contributed by atoms with van der Waals surface area (Å²) in [5.41, 5.74) is 0. The normalized spacial score (nSPS) is 13.4. The van der Waals surface area contributed by atoms with Gasteiger partial charge in [0, 0.05) is 6.42 Å². The van der Waals surface area contributed by atoms with Gasteiger partial charge in [0.25, 0.3) is 10.1 Å². The molecule has 0 saturated heterocycles. The molecule has 0 rings (SSSR count). The van der Waals surface area contributed by atoms with Crippen LogP contribution in [-0.4, -0.2) is 41.9 Å². The van der Waals surface area contributed by atoms with Crippen LogP contribution in [0.15, 0.2) is 24.3 Å². The molecule has 0 aromatic carbocycles. The zero-order chi connectivity index (χ0) is 36.8. The zero-order valence-corrected chi connectivity index (χ0v) is 33.8. The standard InChI is InChI=1S/C43H83NO5S/c1-3-5-7-9-11-13-15-17-19-21-23-25-27-29-31-33-35-37-39-43(46)44-41(40-50(47,48)49)42(45)38-36-34-32-30-28-26-24-22-20-18-16-14-12-10-8-6-4-2/h19,21,36,38,41-42,45H,3-18,20,22-35,37,39-40H2,1-2H3,(H,44,46)(H,47,48,49)/b21-19-,38-36+. The van der Waals surface area contributed by atoms with E-state index in [1.54, 1.807) is 6.08 Å². The molecule has 7 heteroatoms. The summed E-state index contributed by atoms with van der Waals surface area (Å²) < 4.78 is 32.5. The molecule has 296 valence electrons. The van der Waals surface area contributed by atoms with Gasteiger partial charge in [-0.25, -0.2) is 0 Å². The first-order valence-corrected chi connectivity index (χ1v) is 23.1. The summed E-state index contributed by atoms with van der Waals surface area (Å²) in [5.74, 6) is -0.978. The number of rotatable bonds is 39. The van der Waals surface area contributed by atoms with E-state index in [0.717, 1.165) is 44.9 Å². The number of hydrogen-bond donors (Lipinski definition) is 3. The van der Waals surface area contributed by atoms with Crippen molar-refractivity contribution in [3.8, 4) is 0 Å². The third-order valence-corrected chi connectivity index (χ3v) is 10.7. The van der Waals surface area contributed by atoms with E-state index in [0.29, 0.717) is 6.42 Å². The highest BCUT2D eigenvalue weighted by Crippen LogP contribution is 2.15. The Kier molecular flexibility index (Phi) is 36.7. The van der Waals surface area contributed by atoms with E-state index in [9.17, 15) is 22.9 Å². The van der Waals surface area contributed by atoms with Crippen molar-refractivity contribution < 1.29 is 22.9 Å². The van der Waals surface area contributed by atoms with E-state index in [1.165, 1.54) is 161 Å². The molecule has 0 aliphatic rings. The average Bonchev–Trinajstić information content (AvgIpc) is 3.08. The molecule has 0 bridgehead atoms. The second-order valence-electron chi connectivity index (χ2n) is 15.0. The molecular formula is C43H83NO5S. The van der Waals surface area contributed by atoms with Crippen molar-refractivity contribution in [2.75, 3.05) is 5.75 Å². The maximum atomic E-state index is 12.5. The second kappa shape index (κ2) is 37.6. The summed E-state index contributed by atoms with van der Waals surface area (Å²) >= 11 is 0. The van der Waals surface area contributed by atoms with Gasteiger partial charge >= 0.3 is 0 Å². The fraction of sp³-hybridized carbons (Fsp3) is 0.884. The molecular weight excluding hydrogens is 643 g/mol. The van der Waals surface area contributed by atoms with Gasteiger partial charge in [-0.3, -0.25) is 9.35 Å². The predicted molar refractivity (Wildman–Crippen MR) is 216 cm³/mol. The van der Waals surface area contributed by atoms with Crippen molar-refractivity contribution in [3.63, 3.8) is 0 Å². The van der Waals surface area contributed by atoms with E-state index < -0.39 is 28.0 Å². The monoisotopic (exact) mass is 726 g/mol. The number of unbranched alkanes of at least 4 members (excludes halogenated alkanes) is 29. The Bertz CT molecular complexity index is 888. The van der Waals surface area contributed by atoms with Crippen molar-refractivity contribution >= 4 is 16.0 Å².